The number of nitrogens with zero attached hydrogens (tertiary/aromatic N) is 1. The van der Waals surface area contributed by atoms with Gasteiger partial charge in [-0.3, -0.25) is 9.59 Å². The normalized spacial score (nSPS) is 13.5. The van der Waals surface area contributed by atoms with E-state index in [4.69, 9.17) is 0 Å². The molecule has 27 heavy (non-hydrogen) atoms. The number of halogens is 1. The molecule has 3 aromatic carbocycles. The Morgan fingerprint density at radius 3 is 1.11 bits per heavy atom. The molecule has 0 bridgehead atoms. The van der Waals surface area contributed by atoms with Crippen molar-refractivity contribution in [2.24, 2.45) is 0 Å². The predicted molar refractivity (Wildman–Crippen MR) is 115 cm³/mol. The van der Waals surface area contributed by atoms with Crippen molar-refractivity contribution in [3.63, 3.8) is 0 Å². The Hall–Kier alpha value is -2.29. The number of hydrogen-bond acceptors (Lipinski definition) is 2. The Morgan fingerprint density at radius 1 is 0.593 bits per heavy atom. The van der Waals surface area contributed by atoms with E-state index >= 15 is 0 Å². The van der Waals surface area contributed by atoms with Crippen LogP contribution < -0.4 is 15.9 Å². The van der Waals surface area contributed by atoms with E-state index in [1.807, 2.05) is 0 Å². The molecule has 1 fully saturated rings. The van der Waals surface area contributed by atoms with Gasteiger partial charge >= 0.3 is 0 Å². The van der Waals surface area contributed by atoms with Crippen LogP contribution in [0.25, 0.3) is 0 Å². The number of benzene rings is 3. The minimum atomic E-state index is -0.446. The first-order valence-electron chi connectivity index (χ1n) is 8.63. The van der Waals surface area contributed by atoms with Crippen molar-refractivity contribution in [3.8, 4) is 0 Å². The molecule has 0 saturated carbocycles. The standard InChI is InChI=1S/C18H15P.C4H4BrNO2/c1-4-10-16(11-5-1)19(17-12-6-2-7-13-17)18-14-8-3-9-15-18;5-6-3(7)1-2-4(6)8/h1-15H;1-2H2. The van der Waals surface area contributed by atoms with Gasteiger partial charge in [0.15, 0.2) is 0 Å². The van der Waals surface area contributed by atoms with Crippen LogP contribution in [-0.4, -0.2) is 15.7 Å². The van der Waals surface area contributed by atoms with Crippen LogP contribution in [0.2, 0.25) is 0 Å². The Labute approximate surface area is 169 Å². The van der Waals surface area contributed by atoms with Crippen molar-refractivity contribution in [1.82, 2.24) is 3.93 Å². The summed E-state index contributed by atoms with van der Waals surface area (Å²) in [5.74, 6) is -0.287. The van der Waals surface area contributed by atoms with E-state index in [-0.39, 0.29) is 11.8 Å². The monoisotopic (exact) mass is 439 g/mol. The lowest BCUT2D eigenvalue weighted by Gasteiger charge is -2.18. The fourth-order valence-corrected chi connectivity index (χ4v) is 5.39. The average molecular weight is 440 g/mol. The van der Waals surface area contributed by atoms with Gasteiger partial charge in [-0.15, -0.1) is 0 Å². The molecule has 4 rings (SSSR count). The van der Waals surface area contributed by atoms with Gasteiger partial charge in [0.1, 0.15) is 0 Å². The molecule has 2 amide bonds. The molecular formula is C22H19BrNO2P. The van der Waals surface area contributed by atoms with Crippen molar-refractivity contribution in [2.75, 3.05) is 0 Å². The number of hydrogen-bond donors (Lipinski definition) is 0. The van der Waals surface area contributed by atoms with Crippen molar-refractivity contribution < 1.29 is 9.59 Å². The quantitative estimate of drug-likeness (QED) is 0.352. The van der Waals surface area contributed by atoms with Gasteiger partial charge in [-0.05, 0) is 23.8 Å². The largest absolute Gasteiger partial charge is 0.274 e. The van der Waals surface area contributed by atoms with Gasteiger partial charge in [-0.2, -0.15) is 0 Å². The highest BCUT2D eigenvalue weighted by molar-refractivity contribution is 9.08. The van der Waals surface area contributed by atoms with E-state index in [2.05, 4.69) is 107 Å². The molecule has 1 heterocycles. The van der Waals surface area contributed by atoms with Crippen molar-refractivity contribution >= 4 is 51.8 Å². The Morgan fingerprint density at radius 2 is 0.889 bits per heavy atom. The lowest BCUT2D eigenvalue weighted by atomic mass is 10.4. The summed E-state index contributed by atoms with van der Waals surface area (Å²) in [7, 11) is -0.446. The van der Waals surface area contributed by atoms with Crippen LogP contribution in [0.5, 0.6) is 0 Å². The molecule has 1 aliphatic rings. The molecular weight excluding hydrogens is 421 g/mol. The van der Waals surface area contributed by atoms with Crippen LogP contribution in [0.1, 0.15) is 12.8 Å². The smallest absolute Gasteiger partial charge is 0.239 e. The predicted octanol–water partition coefficient (Wildman–Crippen LogP) is 3.89. The Balaban J connectivity index is 0.000000221. The highest BCUT2D eigenvalue weighted by atomic mass is 79.9. The number of rotatable bonds is 3. The summed E-state index contributed by atoms with van der Waals surface area (Å²) in [6.07, 6.45) is 0.703. The van der Waals surface area contributed by atoms with Gasteiger partial charge in [0.05, 0.1) is 16.1 Å². The molecule has 0 N–H and O–H groups in total. The summed E-state index contributed by atoms with van der Waals surface area (Å²) in [5.41, 5.74) is 0. The van der Waals surface area contributed by atoms with E-state index in [0.29, 0.717) is 12.8 Å². The van der Waals surface area contributed by atoms with Gasteiger partial charge in [-0.25, -0.2) is 3.93 Å². The first-order chi connectivity index (χ1) is 13.2. The molecule has 1 saturated heterocycles. The Bertz CT molecular complexity index is 778. The highest BCUT2D eigenvalue weighted by Gasteiger charge is 2.26. The number of amides is 2. The second-order valence-electron chi connectivity index (χ2n) is 5.91. The minimum absolute atomic E-state index is 0.144. The van der Waals surface area contributed by atoms with Crippen molar-refractivity contribution in [1.29, 1.82) is 0 Å². The molecule has 0 unspecified atom stereocenters. The zero-order chi connectivity index (χ0) is 19.1. The fourth-order valence-electron chi connectivity index (χ4n) is 2.73. The van der Waals surface area contributed by atoms with Crippen molar-refractivity contribution in [2.45, 2.75) is 12.8 Å². The maximum absolute atomic E-state index is 10.4. The summed E-state index contributed by atoms with van der Waals surface area (Å²) in [4.78, 5) is 20.9. The van der Waals surface area contributed by atoms with Gasteiger partial charge in [-0.1, -0.05) is 91.0 Å². The van der Waals surface area contributed by atoms with Crippen LogP contribution in [0, 0.1) is 0 Å². The average Bonchev–Trinajstić information content (AvgIpc) is 3.02. The maximum atomic E-state index is 10.4. The molecule has 0 aliphatic carbocycles. The van der Waals surface area contributed by atoms with Gasteiger partial charge in [0, 0.05) is 12.8 Å². The van der Waals surface area contributed by atoms with Crippen LogP contribution in [0.15, 0.2) is 91.0 Å². The second kappa shape index (κ2) is 9.59. The van der Waals surface area contributed by atoms with Crippen LogP contribution in [0.3, 0.4) is 0 Å². The van der Waals surface area contributed by atoms with Gasteiger partial charge in [0.2, 0.25) is 11.8 Å². The fraction of sp³-hybridized carbons (Fsp3) is 0.0909. The van der Waals surface area contributed by atoms with Crippen LogP contribution in [0.4, 0.5) is 0 Å². The van der Waals surface area contributed by atoms with Crippen LogP contribution in [-0.2, 0) is 9.59 Å². The summed E-state index contributed by atoms with van der Waals surface area (Å²) >= 11 is 2.80. The molecule has 0 aromatic heterocycles. The van der Waals surface area contributed by atoms with Gasteiger partial charge < -0.3 is 0 Å². The first kappa shape index (κ1) is 19.5. The Kier molecular flexibility index (Phi) is 6.92. The first-order valence-corrected chi connectivity index (χ1v) is 10.7. The van der Waals surface area contributed by atoms with Crippen LogP contribution >= 0.6 is 24.1 Å². The zero-order valence-corrected chi connectivity index (χ0v) is 17.1. The molecule has 136 valence electrons. The molecule has 0 atom stereocenters. The van der Waals surface area contributed by atoms with Crippen molar-refractivity contribution in [3.05, 3.63) is 91.0 Å². The molecule has 1 aliphatic heterocycles. The molecule has 3 aromatic rings. The number of carbonyl (C=O) groups excluding carboxylic acids is 2. The van der Waals surface area contributed by atoms with E-state index in [9.17, 15) is 9.59 Å². The third-order valence-corrected chi connectivity index (χ3v) is 7.27. The van der Waals surface area contributed by atoms with E-state index in [1.54, 1.807) is 0 Å². The number of carbonyl (C=O) groups is 2. The molecule has 0 radical (unpaired) electrons. The van der Waals surface area contributed by atoms with E-state index in [0.717, 1.165) is 3.93 Å². The third kappa shape index (κ3) is 5.12. The number of imide groups is 1. The lowest BCUT2D eigenvalue weighted by molar-refractivity contribution is -0.131. The maximum Gasteiger partial charge on any atom is 0.239 e. The molecule has 3 nitrogen and oxygen atoms in total. The molecule has 0 spiro atoms. The second-order valence-corrected chi connectivity index (χ2v) is 8.84. The molecule has 5 heteroatoms. The summed E-state index contributed by atoms with van der Waals surface area (Å²) in [6, 6.07) is 32.3. The summed E-state index contributed by atoms with van der Waals surface area (Å²) in [6.45, 7) is 0. The minimum Gasteiger partial charge on any atom is -0.274 e. The zero-order valence-electron chi connectivity index (χ0n) is 14.7. The topological polar surface area (TPSA) is 37.4 Å². The lowest BCUT2D eigenvalue weighted by Crippen LogP contribution is -2.20. The summed E-state index contributed by atoms with van der Waals surface area (Å²) < 4.78 is 0.979. The summed E-state index contributed by atoms with van der Waals surface area (Å²) in [5, 5.41) is 4.19. The highest BCUT2D eigenvalue weighted by Crippen LogP contribution is 2.32. The SMILES string of the molecule is O=C1CCC(=O)N1Br.c1ccc(P(c2ccccc2)c2ccccc2)cc1. The van der Waals surface area contributed by atoms with E-state index in [1.165, 1.54) is 15.9 Å². The van der Waals surface area contributed by atoms with Gasteiger partial charge in [0.25, 0.3) is 0 Å². The third-order valence-electron chi connectivity index (χ3n) is 4.03. The van der Waals surface area contributed by atoms with E-state index < -0.39 is 7.92 Å².